The highest BCUT2D eigenvalue weighted by molar-refractivity contribution is 6.22. The van der Waals surface area contributed by atoms with Crippen LogP contribution in [0.25, 0.3) is 0 Å². The lowest BCUT2D eigenvalue weighted by Gasteiger charge is -2.38. The fourth-order valence-electron chi connectivity index (χ4n) is 4.67. The Morgan fingerprint density at radius 1 is 0.960 bits per heavy atom. The molecular formula is C20H23NO4. The minimum atomic E-state index is -0.478. The summed E-state index contributed by atoms with van der Waals surface area (Å²) < 4.78 is 5.61. The quantitative estimate of drug-likeness (QED) is 0.626. The Bertz CT molecular complexity index is 678. The molecule has 0 unspecified atom stereocenters. The van der Waals surface area contributed by atoms with Crippen LogP contribution in [0.1, 0.15) is 65.7 Å². The normalized spacial score (nSPS) is 28.5. The Morgan fingerprint density at radius 2 is 1.60 bits per heavy atom. The summed E-state index contributed by atoms with van der Waals surface area (Å²) in [7, 11) is 0. The fraction of sp³-hybridized carbons (Fsp3) is 0.550. The first-order valence-corrected chi connectivity index (χ1v) is 9.28. The van der Waals surface area contributed by atoms with Gasteiger partial charge in [0.2, 0.25) is 0 Å². The van der Waals surface area contributed by atoms with Gasteiger partial charge < -0.3 is 4.74 Å². The van der Waals surface area contributed by atoms with Gasteiger partial charge in [0.05, 0.1) is 11.1 Å². The van der Waals surface area contributed by atoms with E-state index in [1.807, 2.05) is 0 Å². The molecule has 1 aliphatic heterocycles. The van der Waals surface area contributed by atoms with Crippen LogP contribution in [0.4, 0.5) is 0 Å². The molecule has 0 N–H and O–H groups in total. The zero-order chi connectivity index (χ0) is 17.4. The van der Waals surface area contributed by atoms with Crippen LogP contribution in [0.15, 0.2) is 24.3 Å². The molecule has 2 fully saturated rings. The number of fused-ring (bicyclic) bond motifs is 2. The molecule has 0 radical (unpaired) electrons. The number of imide groups is 1. The molecule has 0 bridgehead atoms. The number of hydrogen-bond donors (Lipinski definition) is 0. The summed E-state index contributed by atoms with van der Waals surface area (Å²) in [5, 5.41) is 0. The molecule has 3 atom stereocenters. The second kappa shape index (κ2) is 6.62. The summed E-state index contributed by atoms with van der Waals surface area (Å²) in [6, 6.07) is 6.67. The fourth-order valence-corrected chi connectivity index (χ4v) is 4.67. The van der Waals surface area contributed by atoms with Crippen molar-refractivity contribution in [2.75, 3.05) is 6.54 Å². The Labute approximate surface area is 147 Å². The Balaban J connectivity index is 1.35. The highest BCUT2D eigenvalue weighted by atomic mass is 16.5. The Hall–Kier alpha value is -2.17. The van der Waals surface area contributed by atoms with Gasteiger partial charge in [-0.2, -0.15) is 0 Å². The molecule has 0 aromatic heterocycles. The van der Waals surface area contributed by atoms with E-state index >= 15 is 0 Å². The molecular weight excluding hydrogens is 318 g/mol. The van der Waals surface area contributed by atoms with E-state index in [-0.39, 0.29) is 12.6 Å². The zero-order valence-corrected chi connectivity index (χ0v) is 14.3. The largest absolute Gasteiger partial charge is 0.461 e. The van der Waals surface area contributed by atoms with Crippen molar-refractivity contribution in [3.05, 3.63) is 35.4 Å². The number of ether oxygens (including phenoxy) is 1. The van der Waals surface area contributed by atoms with Crippen molar-refractivity contribution in [3.8, 4) is 0 Å². The zero-order valence-electron chi connectivity index (χ0n) is 14.3. The molecule has 1 aromatic carbocycles. The van der Waals surface area contributed by atoms with Gasteiger partial charge in [-0.3, -0.25) is 19.3 Å². The van der Waals surface area contributed by atoms with E-state index in [1.165, 1.54) is 25.7 Å². The number of rotatable bonds is 3. The van der Waals surface area contributed by atoms with Crippen molar-refractivity contribution < 1.29 is 19.1 Å². The van der Waals surface area contributed by atoms with Crippen molar-refractivity contribution in [2.45, 2.75) is 51.0 Å². The van der Waals surface area contributed by atoms with E-state index in [2.05, 4.69) is 0 Å². The molecule has 25 heavy (non-hydrogen) atoms. The van der Waals surface area contributed by atoms with E-state index in [0.29, 0.717) is 17.0 Å². The third kappa shape index (κ3) is 3.08. The third-order valence-corrected chi connectivity index (χ3v) is 5.96. The van der Waals surface area contributed by atoms with Crippen molar-refractivity contribution in [1.29, 1.82) is 0 Å². The lowest BCUT2D eigenvalue weighted by molar-refractivity contribution is -0.152. The smallest absolute Gasteiger partial charge is 0.326 e. The van der Waals surface area contributed by atoms with Crippen LogP contribution in [0, 0.1) is 11.8 Å². The average molecular weight is 341 g/mol. The SMILES string of the molecule is O=C(CN1C(=O)c2ccccc2C1=O)O[C@H]1CC[C@@H]2CCCC[C@@H]2C1. The van der Waals surface area contributed by atoms with Crippen LogP contribution in [0.5, 0.6) is 0 Å². The molecule has 5 nitrogen and oxygen atoms in total. The lowest BCUT2D eigenvalue weighted by atomic mass is 9.70. The third-order valence-electron chi connectivity index (χ3n) is 5.96. The molecule has 0 spiro atoms. The van der Waals surface area contributed by atoms with Gasteiger partial charge in [0.1, 0.15) is 12.6 Å². The van der Waals surface area contributed by atoms with Gasteiger partial charge in [0, 0.05) is 0 Å². The lowest BCUT2D eigenvalue weighted by Crippen LogP contribution is -2.39. The van der Waals surface area contributed by atoms with Crippen molar-refractivity contribution in [1.82, 2.24) is 4.90 Å². The molecule has 5 heteroatoms. The van der Waals surface area contributed by atoms with Gasteiger partial charge in [0.15, 0.2) is 0 Å². The highest BCUT2D eigenvalue weighted by Gasteiger charge is 2.38. The van der Waals surface area contributed by atoms with Crippen molar-refractivity contribution in [2.24, 2.45) is 11.8 Å². The van der Waals surface area contributed by atoms with Crippen LogP contribution in [-0.2, 0) is 9.53 Å². The predicted molar refractivity (Wildman–Crippen MR) is 91.0 cm³/mol. The molecule has 1 heterocycles. The topological polar surface area (TPSA) is 63.7 Å². The van der Waals surface area contributed by atoms with E-state index in [0.717, 1.165) is 30.1 Å². The summed E-state index contributed by atoms with van der Waals surface area (Å²) in [6.07, 6.45) is 8.02. The molecule has 2 saturated carbocycles. The molecule has 4 rings (SSSR count). The number of amides is 2. The molecule has 132 valence electrons. The van der Waals surface area contributed by atoms with Gasteiger partial charge in [-0.15, -0.1) is 0 Å². The number of nitrogens with zero attached hydrogens (tertiary/aromatic N) is 1. The second-order valence-corrected chi connectivity index (χ2v) is 7.47. The van der Waals surface area contributed by atoms with Crippen LogP contribution in [0.3, 0.4) is 0 Å². The van der Waals surface area contributed by atoms with E-state index in [9.17, 15) is 14.4 Å². The molecule has 3 aliphatic rings. The summed E-state index contributed by atoms with van der Waals surface area (Å²) in [5.74, 6) is 0.162. The molecule has 2 aliphatic carbocycles. The van der Waals surface area contributed by atoms with Gasteiger partial charge in [0.25, 0.3) is 11.8 Å². The van der Waals surface area contributed by atoms with E-state index in [1.54, 1.807) is 24.3 Å². The van der Waals surface area contributed by atoms with Crippen molar-refractivity contribution >= 4 is 17.8 Å². The first-order chi connectivity index (χ1) is 12.1. The van der Waals surface area contributed by atoms with Crippen LogP contribution < -0.4 is 0 Å². The highest BCUT2D eigenvalue weighted by Crippen LogP contribution is 2.41. The van der Waals surface area contributed by atoms with E-state index < -0.39 is 17.8 Å². The number of carbonyl (C=O) groups excluding carboxylic acids is 3. The first kappa shape index (κ1) is 16.3. The standard InChI is InChI=1S/C20H23NO4/c22-18(25-15-10-9-13-5-1-2-6-14(13)11-15)12-21-19(23)16-7-3-4-8-17(16)20(21)24/h3-4,7-8,13-15H,1-2,5-6,9-12H2/t13-,14+,15-/m0/s1. The molecule has 1 aromatic rings. The number of benzene rings is 1. The maximum atomic E-state index is 12.3. The molecule has 0 saturated heterocycles. The van der Waals surface area contributed by atoms with Gasteiger partial charge in [-0.1, -0.05) is 37.8 Å². The van der Waals surface area contributed by atoms with Gasteiger partial charge >= 0.3 is 5.97 Å². The number of hydrogen-bond acceptors (Lipinski definition) is 4. The maximum Gasteiger partial charge on any atom is 0.326 e. The summed E-state index contributed by atoms with van der Waals surface area (Å²) in [4.78, 5) is 37.9. The number of carbonyl (C=O) groups is 3. The Kier molecular flexibility index (Phi) is 4.32. The van der Waals surface area contributed by atoms with Crippen LogP contribution in [0.2, 0.25) is 0 Å². The van der Waals surface area contributed by atoms with Crippen LogP contribution >= 0.6 is 0 Å². The predicted octanol–water partition coefficient (Wildman–Crippen LogP) is 3.18. The average Bonchev–Trinajstić information content (AvgIpc) is 2.87. The van der Waals surface area contributed by atoms with Crippen molar-refractivity contribution in [3.63, 3.8) is 0 Å². The van der Waals surface area contributed by atoms with Gasteiger partial charge in [-0.25, -0.2) is 0 Å². The summed E-state index contributed by atoms with van der Waals surface area (Å²) in [5.41, 5.74) is 0.728. The van der Waals surface area contributed by atoms with Crippen LogP contribution in [-0.4, -0.2) is 35.3 Å². The summed E-state index contributed by atoms with van der Waals surface area (Å²) in [6.45, 7) is -0.295. The van der Waals surface area contributed by atoms with E-state index in [4.69, 9.17) is 4.74 Å². The van der Waals surface area contributed by atoms with Gasteiger partial charge in [-0.05, 0) is 43.2 Å². The maximum absolute atomic E-state index is 12.3. The Morgan fingerprint density at radius 3 is 2.28 bits per heavy atom. The molecule has 2 amide bonds. The second-order valence-electron chi connectivity index (χ2n) is 7.47. The number of esters is 1. The minimum Gasteiger partial charge on any atom is -0.461 e. The first-order valence-electron chi connectivity index (χ1n) is 9.28. The summed E-state index contributed by atoms with van der Waals surface area (Å²) >= 11 is 0. The monoisotopic (exact) mass is 341 g/mol. The minimum absolute atomic E-state index is 0.0676.